The van der Waals surface area contributed by atoms with Crippen molar-refractivity contribution in [3.8, 4) is 22.5 Å². The summed E-state index contributed by atoms with van der Waals surface area (Å²) in [5.74, 6) is -0.691. The number of hydrogen-bond donors (Lipinski definition) is 1. The molecule has 0 amide bonds. The van der Waals surface area contributed by atoms with Crippen LogP contribution in [0.3, 0.4) is 0 Å². The molecule has 0 saturated heterocycles. The Morgan fingerprint density at radius 2 is 2.04 bits per heavy atom. The maximum absolute atomic E-state index is 13.1. The van der Waals surface area contributed by atoms with Crippen molar-refractivity contribution in [3.05, 3.63) is 58.8 Å². The number of thiazole rings is 1. The van der Waals surface area contributed by atoms with Crippen LogP contribution in [0.5, 0.6) is 0 Å². The van der Waals surface area contributed by atoms with Gasteiger partial charge in [-0.2, -0.15) is 0 Å². The molecule has 0 aliphatic heterocycles. The number of hydrogen-bond acceptors (Lipinski definition) is 5. The van der Waals surface area contributed by atoms with Gasteiger partial charge in [0.1, 0.15) is 11.5 Å². The van der Waals surface area contributed by atoms with E-state index in [0.29, 0.717) is 17.3 Å². The summed E-state index contributed by atoms with van der Waals surface area (Å²) < 4.78 is 18.1. The summed E-state index contributed by atoms with van der Waals surface area (Å²) >= 11 is 1.24. The monoisotopic (exact) mass is 367 g/mol. The molecular weight excluding hydrogens is 353 g/mol. The van der Waals surface area contributed by atoms with E-state index in [0.717, 1.165) is 27.9 Å². The van der Waals surface area contributed by atoms with Gasteiger partial charge in [-0.05, 0) is 48.9 Å². The number of fused-ring (bicyclic) bond motifs is 1. The standard InChI is InChI=1S/C19H14FN3O2S/c1-2-25-19(24)18-23-16(10-26-18)13-7-12-8-15(22-17(12)21-9-13)11-3-5-14(20)6-4-11/h3-10H,2H2,1H3,(H,21,22). The molecule has 0 unspecified atom stereocenters. The fourth-order valence-corrected chi connectivity index (χ4v) is 3.35. The average molecular weight is 367 g/mol. The third-order valence-corrected chi connectivity index (χ3v) is 4.70. The van der Waals surface area contributed by atoms with Gasteiger partial charge in [-0.3, -0.25) is 0 Å². The summed E-state index contributed by atoms with van der Waals surface area (Å²) in [5, 5.41) is 3.04. The lowest BCUT2D eigenvalue weighted by Crippen LogP contribution is -2.03. The lowest BCUT2D eigenvalue weighted by Gasteiger charge is -1.97. The maximum Gasteiger partial charge on any atom is 0.367 e. The van der Waals surface area contributed by atoms with Gasteiger partial charge in [0.2, 0.25) is 5.01 Å². The number of H-pyrrole nitrogens is 1. The van der Waals surface area contributed by atoms with E-state index >= 15 is 0 Å². The van der Waals surface area contributed by atoms with Gasteiger partial charge in [0.05, 0.1) is 12.3 Å². The molecule has 130 valence electrons. The number of carbonyl (C=O) groups excluding carboxylic acids is 1. The van der Waals surface area contributed by atoms with E-state index < -0.39 is 5.97 Å². The summed E-state index contributed by atoms with van der Waals surface area (Å²) in [6, 6.07) is 10.2. The summed E-state index contributed by atoms with van der Waals surface area (Å²) in [5.41, 5.74) is 3.96. The zero-order valence-electron chi connectivity index (χ0n) is 13.8. The Bertz CT molecular complexity index is 1090. The Balaban J connectivity index is 1.67. The van der Waals surface area contributed by atoms with Crippen molar-refractivity contribution in [3.63, 3.8) is 0 Å². The first kappa shape index (κ1) is 16.4. The SMILES string of the molecule is CCOC(=O)c1nc(-c2cnc3[nH]c(-c4ccc(F)cc4)cc3c2)cs1. The molecule has 0 fully saturated rings. The van der Waals surface area contributed by atoms with Crippen molar-refractivity contribution < 1.29 is 13.9 Å². The van der Waals surface area contributed by atoms with Crippen LogP contribution < -0.4 is 0 Å². The van der Waals surface area contributed by atoms with Gasteiger partial charge >= 0.3 is 5.97 Å². The van der Waals surface area contributed by atoms with E-state index in [-0.39, 0.29) is 5.82 Å². The molecule has 4 rings (SSSR count). The second kappa shape index (κ2) is 6.68. The Labute approximate surface area is 152 Å². The maximum atomic E-state index is 13.1. The number of esters is 1. The minimum atomic E-state index is -0.418. The smallest absolute Gasteiger partial charge is 0.367 e. The van der Waals surface area contributed by atoms with Gasteiger partial charge in [0.15, 0.2) is 0 Å². The van der Waals surface area contributed by atoms with Gasteiger partial charge < -0.3 is 9.72 Å². The minimum Gasteiger partial charge on any atom is -0.461 e. The van der Waals surface area contributed by atoms with Gasteiger partial charge in [-0.25, -0.2) is 19.2 Å². The third kappa shape index (κ3) is 3.09. The van der Waals surface area contributed by atoms with Crippen molar-refractivity contribution in [2.24, 2.45) is 0 Å². The number of nitrogens with zero attached hydrogens (tertiary/aromatic N) is 2. The predicted molar refractivity (Wildman–Crippen MR) is 98.6 cm³/mol. The molecule has 0 saturated carbocycles. The van der Waals surface area contributed by atoms with Crippen molar-refractivity contribution >= 4 is 28.3 Å². The Hall–Kier alpha value is -3.06. The van der Waals surface area contributed by atoms with Crippen LogP contribution >= 0.6 is 11.3 Å². The number of halogens is 1. The Morgan fingerprint density at radius 3 is 2.81 bits per heavy atom. The fourth-order valence-electron chi connectivity index (χ4n) is 2.63. The molecule has 5 nitrogen and oxygen atoms in total. The first-order valence-corrected chi connectivity index (χ1v) is 8.89. The highest BCUT2D eigenvalue weighted by Crippen LogP contribution is 2.28. The van der Waals surface area contributed by atoms with Crippen molar-refractivity contribution in [2.75, 3.05) is 6.61 Å². The lowest BCUT2D eigenvalue weighted by atomic mass is 10.1. The number of rotatable bonds is 4. The molecule has 0 spiro atoms. The number of aromatic nitrogens is 3. The van der Waals surface area contributed by atoms with Crippen LogP contribution in [0.4, 0.5) is 4.39 Å². The zero-order valence-corrected chi connectivity index (χ0v) is 14.6. The van der Waals surface area contributed by atoms with E-state index in [9.17, 15) is 9.18 Å². The number of benzene rings is 1. The van der Waals surface area contributed by atoms with Crippen LogP contribution in [-0.4, -0.2) is 27.5 Å². The number of carbonyl (C=O) groups is 1. The summed E-state index contributed by atoms with van der Waals surface area (Å²) in [4.78, 5) is 23.8. The predicted octanol–water partition coefficient (Wildman–Crippen LogP) is 4.67. The lowest BCUT2D eigenvalue weighted by molar-refractivity contribution is 0.0526. The molecule has 1 N–H and O–H groups in total. The Morgan fingerprint density at radius 1 is 1.23 bits per heavy atom. The van der Waals surface area contributed by atoms with E-state index in [4.69, 9.17) is 4.74 Å². The van der Waals surface area contributed by atoms with Crippen LogP contribution in [0.1, 0.15) is 16.7 Å². The first-order valence-electron chi connectivity index (χ1n) is 8.02. The van der Waals surface area contributed by atoms with E-state index in [1.54, 1.807) is 25.3 Å². The molecule has 0 bridgehead atoms. The van der Waals surface area contributed by atoms with Gasteiger partial charge in [-0.15, -0.1) is 11.3 Å². The largest absolute Gasteiger partial charge is 0.461 e. The molecule has 7 heteroatoms. The topological polar surface area (TPSA) is 67.9 Å². The van der Waals surface area contributed by atoms with Crippen molar-refractivity contribution in [1.29, 1.82) is 0 Å². The van der Waals surface area contributed by atoms with Crippen molar-refractivity contribution in [1.82, 2.24) is 15.0 Å². The van der Waals surface area contributed by atoms with Crippen LogP contribution in [0.25, 0.3) is 33.5 Å². The quantitative estimate of drug-likeness (QED) is 0.532. The summed E-state index contributed by atoms with van der Waals surface area (Å²) in [7, 11) is 0. The number of ether oxygens (including phenoxy) is 1. The van der Waals surface area contributed by atoms with Crippen LogP contribution in [0, 0.1) is 5.82 Å². The normalized spacial score (nSPS) is 11.0. The highest BCUT2D eigenvalue weighted by molar-refractivity contribution is 7.11. The fraction of sp³-hybridized carbons (Fsp3) is 0.105. The van der Waals surface area contributed by atoms with Crippen molar-refractivity contribution in [2.45, 2.75) is 6.92 Å². The molecule has 3 heterocycles. The summed E-state index contributed by atoms with van der Waals surface area (Å²) in [6.45, 7) is 2.08. The zero-order chi connectivity index (χ0) is 18.1. The minimum absolute atomic E-state index is 0.272. The van der Waals surface area contributed by atoms with Crippen LogP contribution in [-0.2, 0) is 4.74 Å². The number of pyridine rings is 1. The highest BCUT2D eigenvalue weighted by Gasteiger charge is 2.14. The van der Waals surface area contributed by atoms with E-state index in [2.05, 4.69) is 15.0 Å². The molecule has 1 aromatic carbocycles. The van der Waals surface area contributed by atoms with Gasteiger partial charge in [0.25, 0.3) is 0 Å². The molecule has 26 heavy (non-hydrogen) atoms. The molecule has 0 atom stereocenters. The number of aromatic amines is 1. The molecule has 4 aromatic rings. The molecule has 0 aliphatic carbocycles. The summed E-state index contributed by atoms with van der Waals surface area (Å²) in [6.07, 6.45) is 1.71. The molecule has 3 aromatic heterocycles. The van der Waals surface area contributed by atoms with Crippen LogP contribution in [0.2, 0.25) is 0 Å². The number of nitrogens with one attached hydrogen (secondary N) is 1. The third-order valence-electron chi connectivity index (χ3n) is 3.88. The average Bonchev–Trinajstić information content (AvgIpc) is 3.29. The van der Waals surface area contributed by atoms with Gasteiger partial charge in [-0.1, -0.05) is 0 Å². The van der Waals surface area contributed by atoms with E-state index in [1.165, 1.54) is 23.5 Å². The second-order valence-electron chi connectivity index (χ2n) is 5.61. The molecule has 0 aliphatic rings. The molecular formula is C19H14FN3O2S. The molecule has 0 radical (unpaired) electrons. The Kier molecular flexibility index (Phi) is 4.22. The second-order valence-corrected chi connectivity index (χ2v) is 6.47. The van der Waals surface area contributed by atoms with Gasteiger partial charge in [0, 0.05) is 28.2 Å². The highest BCUT2D eigenvalue weighted by atomic mass is 32.1. The first-order chi connectivity index (χ1) is 12.6. The van der Waals surface area contributed by atoms with E-state index in [1.807, 2.05) is 17.5 Å². The van der Waals surface area contributed by atoms with Crippen LogP contribution in [0.15, 0.2) is 48.0 Å².